The molecule has 2 aliphatic rings. The summed E-state index contributed by atoms with van der Waals surface area (Å²) in [7, 11) is 0. The summed E-state index contributed by atoms with van der Waals surface area (Å²) in [5.41, 5.74) is 0.508. The molecule has 0 saturated carbocycles. The molecule has 0 atom stereocenters. The maximum Gasteiger partial charge on any atom is 0.338 e. The lowest BCUT2D eigenvalue weighted by atomic mass is 10.1. The molecule has 8 heteroatoms. The normalized spacial score (nSPS) is 17.5. The fraction of sp³-hybridized carbons (Fsp3) is 0.579. The monoisotopic (exact) mass is 375 g/mol. The number of nitro groups is 1. The van der Waals surface area contributed by atoms with Gasteiger partial charge in [-0.15, -0.1) is 0 Å². The van der Waals surface area contributed by atoms with E-state index in [1.54, 1.807) is 11.0 Å². The highest BCUT2D eigenvalue weighted by molar-refractivity contribution is 5.93. The van der Waals surface area contributed by atoms with E-state index >= 15 is 0 Å². The molecule has 0 aromatic heterocycles. The van der Waals surface area contributed by atoms with Crippen molar-refractivity contribution in [3.63, 3.8) is 0 Å². The van der Waals surface area contributed by atoms with Gasteiger partial charge in [0.1, 0.15) is 5.69 Å². The number of likely N-dealkylation sites (tertiary alicyclic amines) is 1. The summed E-state index contributed by atoms with van der Waals surface area (Å²) in [6.07, 6.45) is 6.14. The van der Waals surface area contributed by atoms with Gasteiger partial charge in [0.15, 0.2) is 6.61 Å². The molecule has 0 spiro atoms. The molecule has 1 aromatic rings. The van der Waals surface area contributed by atoms with Crippen molar-refractivity contribution in [3.05, 3.63) is 33.9 Å². The Hall–Kier alpha value is -2.64. The van der Waals surface area contributed by atoms with Crippen LogP contribution in [0.1, 0.15) is 48.9 Å². The van der Waals surface area contributed by atoms with Crippen LogP contribution in [-0.2, 0) is 9.53 Å². The molecule has 0 aliphatic carbocycles. The van der Waals surface area contributed by atoms with E-state index in [4.69, 9.17) is 4.74 Å². The van der Waals surface area contributed by atoms with Gasteiger partial charge in [-0.1, -0.05) is 12.8 Å². The van der Waals surface area contributed by atoms with Crippen LogP contribution in [0.3, 0.4) is 0 Å². The minimum Gasteiger partial charge on any atom is -0.452 e. The molecule has 1 amide bonds. The number of carbonyl (C=O) groups excluding carboxylic acids is 2. The van der Waals surface area contributed by atoms with Gasteiger partial charge in [-0.05, 0) is 37.8 Å². The van der Waals surface area contributed by atoms with Gasteiger partial charge in [0.2, 0.25) is 0 Å². The summed E-state index contributed by atoms with van der Waals surface area (Å²) < 4.78 is 5.12. The fourth-order valence-corrected chi connectivity index (χ4v) is 3.64. The minimum atomic E-state index is -0.714. The van der Waals surface area contributed by atoms with Crippen LogP contribution in [-0.4, -0.2) is 54.5 Å². The van der Waals surface area contributed by atoms with E-state index in [1.807, 2.05) is 4.90 Å². The molecule has 2 heterocycles. The number of anilines is 1. The van der Waals surface area contributed by atoms with E-state index < -0.39 is 10.9 Å². The predicted molar refractivity (Wildman–Crippen MR) is 99.9 cm³/mol. The molecule has 0 unspecified atom stereocenters. The first-order valence-electron chi connectivity index (χ1n) is 9.54. The summed E-state index contributed by atoms with van der Waals surface area (Å²) in [5, 5.41) is 11.4. The second-order valence-corrected chi connectivity index (χ2v) is 7.03. The Morgan fingerprint density at radius 3 is 2.26 bits per heavy atom. The van der Waals surface area contributed by atoms with Crippen molar-refractivity contribution >= 4 is 23.3 Å². The zero-order valence-electron chi connectivity index (χ0n) is 15.4. The average Bonchev–Trinajstić information content (AvgIpc) is 3.07. The quantitative estimate of drug-likeness (QED) is 0.446. The second-order valence-electron chi connectivity index (χ2n) is 7.03. The zero-order chi connectivity index (χ0) is 19.2. The lowest BCUT2D eigenvalue weighted by molar-refractivity contribution is -0.384. The number of benzene rings is 1. The highest BCUT2D eigenvalue weighted by Gasteiger charge is 2.25. The van der Waals surface area contributed by atoms with Crippen molar-refractivity contribution in [1.29, 1.82) is 0 Å². The molecule has 2 aliphatic heterocycles. The average molecular weight is 375 g/mol. The van der Waals surface area contributed by atoms with Crippen molar-refractivity contribution in [2.45, 2.75) is 38.5 Å². The van der Waals surface area contributed by atoms with Crippen LogP contribution >= 0.6 is 0 Å². The summed E-state index contributed by atoms with van der Waals surface area (Å²) in [6, 6.07) is 4.36. The summed E-state index contributed by atoms with van der Waals surface area (Å²) in [4.78, 5) is 39.1. The van der Waals surface area contributed by atoms with Crippen LogP contribution in [0.15, 0.2) is 18.2 Å². The third-order valence-corrected chi connectivity index (χ3v) is 5.14. The van der Waals surface area contributed by atoms with Crippen LogP contribution in [0.2, 0.25) is 0 Å². The minimum absolute atomic E-state index is 0.0910. The summed E-state index contributed by atoms with van der Waals surface area (Å²) in [5.74, 6) is -0.928. The van der Waals surface area contributed by atoms with E-state index in [-0.39, 0.29) is 23.8 Å². The van der Waals surface area contributed by atoms with Crippen molar-refractivity contribution in [1.82, 2.24) is 4.90 Å². The standard InChI is InChI=1S/C19H25N3O5/c23-18(21-11-3-1-2-4-12-21)14-27-19(24)15-7-8-16(17(13-15)22(25)26)20-9-5-6-10-20/h7-8,13H,1-6,9-12,14H2. The Bertz CT molecular complexity index is 707. The molecule has 0 radical (unpaired) electrons. The molecular formula is C19H25N3O5. The Balaban J connectivity index is 1.64. The molecule has 27 heavy (non-hydrogen) atoms. The lowest BCUT2D eigenvalue weighted by Crippen LogP contribution is -2.35. The topological polar surface area (TPSA) is 93.0 Å². The van der Waals surface area contributed by atoms with Crippen molar-refractivity contribution in [3.8, 4) is 0 Å². The fourth-order valence-electron chi connectivity index (χ4n) is 3.64. The van der Waals surface area contributed by atoms with Crippen molar-refractivity contribution in [2.24, 2.45) is 0 Å². The number of hydrogen-bond donors (Lipinski definition) is 0. The van der Waals surface area contributed by atoms with E-state index in [0.717, 1.165) is 51.6 Å². The van der Waals surface area contributed by atoms with Crippen molar-refractivity contribution < 1.29 is 19.2 Å². The van der Waals surface area contributed by atoms with Crippen LogP contribution in [0.5, 0.6) is 0 Å². The maximum absolute atomic E-state index is 12.3. The molecule has 3 rings (SSSR count). The first-order valence-corrected chi connectivity index (χ1v) is 9.54. The number of carbonyl (C=O) groups is 2. The predicted octanol–water partition coefficient (Wildman–Crippen LogP) is 2.75. The first kappa shape index (κ1) is 19.1. The Morgan fingerprint density at radius 2 is 1.63 bits per heavy atom. The molecule has 0 N–H and O–H groups in total. The van der Waals surface area contributed by atoms with E-state index in [2.05, 4.69) is 0 Å². The zero-order valence-corrected chi connectivity index (χ0v) is 15.4. The summed E-state index contributed by atoms with van der Waals surface area (Å²) >= 11 is 0. The van der Waals surface area contributed by atoms with E-state index in [0.29, 0.717) is 18.8 Å². The van der Waals surface area contributed by atoms with Gasteiger partial charge < -0.3 is 14.5 Å². The van der Waals surface area contributed by atoms with Gasteiger partial charge >= 0.3 is 5.97 Å². The molecule has 8 nitrogen and oxygen atoms in total. The molecule has 1 aromatic carbocycles. The lowest BCUT2D eigenvalue weighted by Gasteiger charge is -2.20. The van der Waals surface area contributed by atoms with Gasteiger partial charge in [-0.25, -0.2) is 4.79 Å². The van der Waals surface area contributed by atoms with Crippen LogP contribution < -0.4 is 4.90 Å². The third kappa shape index (κ3) is 4.75. The number of hydrogen-bond acceptors (Lipinski definition) is 6. The molecule has 146 valence electrons. The van der Waals surface area contributed by atoms with E-state index in [9.17, 15) is 19.7 Å². The molecular weight excluding hydrogens is 350 g/mol. The molecule has 0 bridgehead atoms. The third-order valence-electron chi connectivity index (χ3n) is 5.14. The number of ether oxygens (including phenoxy) is 1. The number of rotatable bonds is 5. The highest BCUT2D eigenvalue weighted by atomic mass is 16.6. The Morgan fingerprint density at radius 1 is 1.00 bits per heavy atom. The van der Waals surface area contributed by atoms with Crippen LogP contribution in [0.25, 0.3) is 0 Å². The van der Waals surface area contributed by atoms with Crippen LogP contribution in [0, 0.1) is 10.1 Å². The van der Waals surface area contributed by atoms with Gasteiger partial charge in [-0.2, -0.15) is 0 Å². The first-order chi connectivity index (χ1) is 13.1. The largest absolute Gasteiger partial charge is 0.452 e. The van der Waals surface area contributed by atoms with Crippen molar-refractivity contribution in [2.75, 3.05) is 37.7 Å². The van der Waals surface area contributed by atoms with Gasteiger partial charge in [0.05, 0.1) is 10.5 Å². The number of nitrogens with zero attached hydrogens (tertiary/aromatic N) is 3. The highest BCUT2D eigenvalue weighted by Crippen LogP contribution is 2.31. The van der Waals surface area contributed by atoms with Crippen LogP contribution in [0.4, 0.5) is 11.4 Å². The molecule has 2 fully saturated rings. The van der Waals surface area contributed by atoms with Gasteiger partial charge in [-0.3, -0.25) is 14.9 Å². The SMILES string of the molecule is O=C(OCC(=O)N1CCCCCC1)c1ccc(N2CCCC2)c([N+](=O)[O-])c1. The maximum atomic E-state index is 12.3. The van der Waals surface area contributed by atoms with Gasteiger partial charge in [0, 0.05) is 32.2 Å². The Kier molecular flexibility index (Phi) is 6.26. The Labute approximate surface area is 158 Å². The summed E-state index contributed by atoms with van der Waals surface area (Å²) in [6.45, 7) is 2.59. The second kappa shape index (κ2) is 8.83. The van der Waals surface area contributed by atoms with Gasteiger partial charge in [0.25, 0.3) is 11.6 Å². The number of esters is 1. The smallest absolute Gasteiger partial charge is 0.338 e. The molecule has 2 saturated heterocycles. The number of nitro benzene ring substituents is 1. The number of amides is 1. The van der Waals surface area contributed by atoms with E-state index in [1.165, 1.54) is 12.1 Å².